The first-order valence-electron chi connectivity index (χ1n) is 7.04. The monoisotopic (exact) mass is 287 g/mol. The normalized spacial score (nSPS) is 11.1. The summed E-state index contributed by atoms with van der Waals surface area (Å²) in [6.07, 6.45) is 0.881. The molecule has 0 unspecified atom stereocenters. The highest BCUT2D eigenvalue weighted by Crippen LogP contribution is 2.29. The summed E-state index contributed by atoms with van der Waals surface area (Å²) < 4.78 is 7.27. The van der Waals surface area contributed by atoms with E-state index in [0.29, 0.717) is 17.1 Å². The van der Waals surface area contributed by atoms with Crippen molar-refractivity contribution >= 4 is 12.1 Å². The SMILES string of the molecule is CC(C)Oc1ccc(-c2nn(C(C)C)c(N)c2C=O)cc1. The maximum Gasteiger partial charge on any atom is 0.156 e. The Morgan fingerprint density at radius 1 is 1.19 bits per heavy atom. The molecule has 1 heterocycles. The Labute approximate surface area is 124 Å². The molecule has 2 aromatic rings. The molecule has 2 rings (SSSR count). The number of benzene rings is 1. The first-order chi connectivity index (χ1) is 9.93. The third kappa shape index (κ3) is 3.07. The summed E-state index contributed by atoms with van der Waals surface area (Å²) in [4.78, 5) is 11.3. The van der Waals surface area contributed by atoms with Crippen LogP contribution in [0, 0.1) is 0 Å². The van der Waals surface area contributed by atoms with E-state index in [1.807, 2.05) is 52.0 Å². The van der Waals surface area contributed by atoms with E-state index in [-0.39, 0.29) is 12.1 Å². The van der Waals surface area contributed by atoms with Crippen molar-refractivity contribution in [3.63, 3.8) is 0 Å². The molecule has 0 aliphatic heterocycles. The minimum Gasteiger partial charge on any atom is -0.491 e. The number of hydrogen-bond acceptors (Lipinski definition) is 4. The Kier molecular flexibility index (Phi) is 4.31. The third-order valence-corrected chi connectivity index (χ3v) is 3.09. The molecule has 0 aliphatic rings. The number of rotatable bonds is 5. The van der Waals surface area contributed by atoms with E-state index in [0.717, 1.165) is 17.6 Å². The average Bonchev–Trinajstić information content (AvgIpc) is 2.76. The molecular weight excluding hydrogens is 266 g/mol. The summed E-state index contributed by atoms with van der Waals surface area (Å²) in [6, 6.07) is 7.61. The lowest BCUT2D eigenvalue weighted by molar-refractivity contribution is 0.112. The van der Waals surface area contributed by atoms with Crippen molar-refractivity contribution in [1.82, 2.24) is 9.78 Å². The zero-order chi connectivity index (χ0) is 15.6. The Bertz CT molecular complexity index is 628. The van der Waals surface area contributed by atoms with Crippen LogP contribution in [-0.4, -0.2) is 22.2 Å². The van der Waals surface area contributed by atoms with Gasteiger partial charge in [-0.1, -0.05) is 0 Å². The molecule has 0 saturated heterocycles. The van der Waals surface area contributed by atoms with E-state index in [9.17, 15) is 4.79 Å². The minimum atomic E-state index is 0.0981. The van der Waals surface area contributed by atoms with Crippen LogP contribution in [0.25, 0.3) is 11.3 Å². The summed E-state index contributed by atoms with van der Waals surface area (Å²) in [5.74, 6) is 1.19. The third-order valence-electron chi connectivity index (χ3n) is 3.09. The molecule has 5 nitrogen and oxygen atoms in total. The molecule has 1 aromatic carbocycles. The second-order valence-corrected chi connectivity index (χ2v) is 5.49. The van der Waals surface area contributed by atoms with Crippen molar-refractivity contribution in [3.8, 4) is 17.0 Å². The van der Waals surface area contributed by atoms with Crippen molar-refractivity contribution in [2.24, 2.45) is 0 Å². The molecular formula is C16H21N3O2. The van der Waals surface area contributed by atoms with Gasteiger partial charge in [-0.15, -0.1) is 0 Å². The lowest BCUT2D eigenvalue weighted by Gasteiger charge is -2.09. The van der Waals surface area contributed by atoms with Gasteiger partial charge in [0.1, 0.15) is 17.3 Å². The number of ether oxygens (including phenoxy) is 1. The fourth-order valence-corrected chi connectivity index (χ4v) is 2.15. The summed E-state index contributed by atoms with van der Waals surface area (Å²) in [5, 5.41) is 4.46. The maximum atomic E-state index is 11.3. The van der Waals surface area contributed by atoms with Gasteiger partial charge in [0.05, 0.1) is 11.7 Å². The molecule has 0 radical (unpaired) electrons. The summed E-state index contributed by atoms with van der Waals surface area (Å²) >= 11 is 0. The Morgan fingerprint density at radius 3 is 2.29 bits per heavy atom. The Hall–Kier alpha value is -2.30. The maximum absolute atomic E-state index is 11.3. The number of aromatic nitrogens is 2. The number of nitrogens with zero attached hydrogens (tertiary/aromatic N) is 2. The number of hydrogen-bond donors (Lipinski definition) is 1. The topological polar surface area (TPSA) is 70.1 Å². The Balaban J connectivity index is 2.42. The highest BCUT2D eigenvalue weighted by atomic mass is 16.5. The predicted octanol–water partition coefficient (Wildman–Crippen LogP) is 3.31. The molecule has 0 spiro atoms. The molecule has 21 heavy (non-hydrogen) atoms. The largest absolute Gasteiger partial charge is 0.491 e. The van der Waals surface area contributed by atoms with Gasteiger partial charge in [0.25, 0.3) is 0 Å². The first kappa shape index (κ1) is 15.1. The average molecular weight is 287 g/mol. The van der Waals surface area contributed by atoms with Gasteiger partial charge >= 0.3 is 0 Å². The number of carbonyl (C=O) groups is 1. The van der Waals surface area contributed by atoms with Crippen LogP contribution >= 0.6 is 0 Å². The minimum absolute atomic E-state index is 0.0981. The predicted molar refractivity (Wildman–Crippen MR) is 83.6 cm³/mol. The van der Waals surface area contributed by atoms with Crippen molar-refractivity contribution in [2.45, 2.75) is 39.8 Å². The van der Waals surface area contributed by atoms with Crippen LogP contribution < -0.4 is 10.5 Å². The molecule has 2 N–H and O–H groups in total. The smallest absolute Gasteiger partial charge is 0.156 e. The molecule has 5 heteroatoms. The number of nitrogen functional groups attached to an aromatic ring is 1. The lowest BCUT2D eigenvalue weighted by atomic mass is 10.1. The molecule has 0 bridgehead atoms. The summed E-state index contributed by atoms with van der Waals surface area (Å²) in [5.41, 5.74) is 7.88. The van der Waals surface area contributed by atoms with E-state index >= 15 is 0 Å². The van der Waals surface area contributed by atoms with Gasteiger partial charge in [0.2, 0.25) is 0 Å². The van der Waals surface area contributed by atoms with Gasteiger partial charge in [-0.2, -0.15) is 5.10 Å². The van der Waals surface area contributed by atoms with E-state index in [4.69, 9.17) is 10.5 Å². The van der Waals surface area contributed by atoms with E-state index in [1.54, 1.807) is 4.68 Å². The number of carbonyl (C=O) groups excluding carboxylic acids is 1. The van der Waals surface area contributed by atoms with Crippen molar-refractivity contribution in [2.75, 3.05) is 5.73 Å². The van der Waals surface area contributed by atoms with Crippen LogP contribution in [0.2, 0.25) is 0 Å². The van der Waals surface area contributed by atoms with Gasteiger partial charge in [0, 0.05) is 11.6 Å². The molecule has 0 fully saturated rings. The second kappa shape index (κ2) is 5.99. The van der Waals surface area contributed by atoms with Crippen LogP contribution in [0.1, 0.15) is 44.1 Å². The van der Waals surface area contributed by atoms with Gasteiger partial charge < -0.3 is 10.5 Å². The molecule has 0 aliphatic carbocycles. The van der Waals surface area contributed by atoms with Crippen LogP contribution in [0.3, 0.4) is 0 Å². The molecule has 112 valence electrons. The summed E-state index contributed by atoms with van der Waals surface area (Å²) in [7, 11) is 0. The van der Waals surface area contributed by atoms with Crippen LogP contribution in [0.5, 0.6) is 5.75 Å². The quantitative estimate of drug-likeness (QED) is 0.856. The molecule has 1 aromatic heterocycles. The van der Waals surface area contributed by atoms with Gasteiger partial charge in [-0.05, 0) is 52.0 Å². The zero-order valence-electron chi connectivity index (χ0n) is 12.8. The Morgan fingerprint density at radius 2 is 1.81 bits per heavy atom. The molecule has 0 saturated carbocycles. The van der Waals surface area contributed by atoms with Gasteiger partial charge in [-0.3, -0.25) is 4.79 Å². The van der Waals surface area contributed by atoms with Crippen molar-refractivity contribution in [3.05, 3.63) is 29.8 Å². The highest BCUT2D eigenvalue weighted by molar-refractivity contribution is 5.91. The lowest BCUT2D eigenvalue weighted by Crippen LogP contribution is -2.07. The first-order valence-corrected chi connectivity index (χ1v) is 7.04. The fraction of sp³-hybridized carbons (Fsp3) is 0.375. The van der Waals surface area contributed by atoms with Crippen LogP contribution in [0.4, 0.5) is 5.82 Å². The van der Waals surface area contributed by atoms with Crippen molar-refractivity contribution < 1.29 is 9.53 Å². The fourth-order valence-electron chi connectivity index (χ4n) is 2.15. The second-order valence-electron chi connectivity index (χ2n) is 5.49. The highest BCUT2D eigenvalue weighted by Gasteiger charge is 2.18. The number of anilines is 1. The van der Waals surface area contributed by atoms with E-state index < -0.39 is 0 Å². The number of nitrogens with two attached hydrogens (primary N) is 1. The summed E-state index contributed by atoms with van der Waals surface area (Å²) in [6.45, 7) is 7.90. The van der Waals surface area contributed by atoms with Crippen LogP contribution in [0.15, 0.2) is 24.3 Å². The van der Waals surface area contributed by atoms with Crippen LogP contribution in [-0.2, 0) is 0 Å². The zero-order valence-corrected chi connectivity index (χ0v) is 12.8. The van der Waals surface area contributed by atoms with Gasteiger partial charge in [-0.25, -0.2) is 4.68 Å². The van der Waals surface area contributed by atoms with E-state index in [2.05, 4.69) is 5.10 Å². The standard InChI is InChI=1S/C16H21N3O2/c1-10(2)19-16(17)14(9-20)15(18-19)12-5-7-13(8-6-12)21-11(3)4/h5-11H,17H2,1-4H3. The molecule has 0 amide bonds. The van der Waals surface area contributed by atoms with Crippen molar-refractivity contribution in [1.29, 1.82) is 0 Å². The van der Waals surface area contributed by atoms with Gasteiger partial charge in [0.15, 0.2) is 6.29 Å². The van der Waals surface area contributed by atoms with E-state index in [1.165, 1.54) is 0 Å². The molecule has 0 atom stereocenters. The number of aldehydes is 1.